The number of non-ortho nitro benzene ring substituents is 1. The quantitative estimate of drug-likeness (QED) is 0.108. The van der Waals surface area contributed by atoms with E-state index in [1.807, 2.05) is 23.6 Å². The Kier molecular flexibility index (Phi) is 8.22. The third-order valence-electron chi connectivity index (χ3n) is 5.26. The van der Waals surface area contributed by atoms with Crippen LogP contribution in [0.2, 0.25) is 5.02 Å². The average molecular weight is 537 g/mol. The highest BCUT2D eigenvalue weighted by Gasteiger charge is 2.18. The summed E-state index contributed by atoms with van der Waals surface area (Å²) in [6.07, 6.45) is 1.54. The number of nitro groups is 1. The van der Waals surface area contributed by atoms with Crippen LogP contribution in [-0.2, 0) is 17.9 Å². The molecule has 1 heterocycles. The number of rotatable bonds is 10. The Morgan fingerprint density at radius 2 is 1.86 bits per heavy atom. The van der Waals surface area contributed by atoms with Gasteiger partial charge in [-0.1, -0.05) is 23.7 Å². The van der Waals surface area contributed by atoms with Crippen LogP contribution in [0.5, 0.6) is 5.75 Å². The van der Waals surface area contributed by atoms with Gasteiger partial charge < -0.3 is 14.4 Å². The minimum Gasteiger partial charge on any atom is -0.489 e. The zero-order valence-electron chi connectivity index (χ0n) is 19.6. The molecule has 0 aliphatic heterocycles. The highest BCUT2D eigenvalue weighted by molar-refractivity contribution is 8.04. The average Bonchev–Trinajstić information content (AvgIpc) is 3.30. The van der Waals surface area contributed by atoms with Crippen LogP contribution in [0.4, 0.5) is 5.69 Å². The molecule has 0 amide bonds. The molecule has 0 saturated carbocycles. The summed E-state index contributed by atoms with van der Waals surface area (Å²) < 4.78 is 7.64. The monoisotopic (exact) mass is 536 g/mol. The number of benzene rings is 3. The fraction of sp³-hybridized carbons (Fsp3) is 0.115. The zero-order valence-corrected chi connectivity index (χ0v) is 21.1. The lowest BCUT2D eigenvalue weighted by molar-refractivity contribution is -0.384. The zero-order chi connectivity index (χ0) is 26.4. The molecule has 4 aromatic rings. The van der Waals surface area contributed by atoms with Crippen molar-refractivity contribution >= 4 is 41.1 Å². The van der Waals surface area contributed by atoms with Crippen molar-refractivity contribution in [1.82, 2.24) is 14.8 Å². The maximum absolute atomic E-state index is 12.1. The van der Waals surface area contributed by atoms with Gasteiger partial charge in [0, 0.05) is 29.3 Å². The van der Waals surface area contributed by atoms with Gasteiger partial charge in [-0.2, -0.15) is 0 Å². The highest BCUT2D eigenvalue weighted by Crippen LogP contribution is 2.31. The number of halogens is 1. The van der Waals surface area contributed by atoms with E-state index >= 15 is 0 Å². The van der Waals surface area contributed by atoms with Crippen LogP contribution in [0, 0.1) is 10.1 Å². The van der Waals surface area contributed by atoms with Gasteiger partial charge in [0.05, 0.1) is 4.92 Å². The second kappa shape index (κ2) is 11.7. The van der Waals surface area contributed by atoms with Gasteiger partial charge >= 0.3 is 5.97 Å². The van der Waals surface area contributed by atoms with Crippen molar-refractivity contribution in [2.75, 3.05) is 0 Å². The Morgan fingerprint density at radius 1 is 1.14 bits per heavy atom. The summed E-state index contributed by atoms with van der Waals surface area (Å²) >= 11 is 7.00. The summed E-state index contributed by atoms with van der Waals surface area (Å²) in [7, 11) is 0. The van der Waals surface area contributed by atoms with Gasteiger partial charge in [0.25, 0.3) is 5.69 Å². The SMILES string of the molecule is CCn1c(S/C(=C\c2cccc(OCc3ccc([N+](=O)[O-])cc3)c2)C(=O)O)nnc1-c1ccc(Cl)cc1. The number of nitro benzene ring substituents is 1. The number of nitrogens with zero attached hydrogens (tertiary/aromatic N) is 4. The standard InChI is InChI=1S/C26H21ClN4O5S/c1-2-30-24(19-8-10-20(27)11-9-19)28-29-26(30)37-23(25(32)33)15-18-4-3-5-22(14-18)36-16-17-6-12-21(13-7-17)31(34)35/h3-15H,2,16H2,1H3,(H,32,33)/b23-15-. The molecule has 9 nitrogen and oxygen atoms in total. The molecule has 0 fully saturated rings. The summed E-state index contributed by atoms with van der Waals surface area (Å²) in [6.45, 7) is 2.69. The molecule has 0 atom stereocenters. The summed E-state index contributed by atoms with van der Waals surface area (Å²) in [5.41, 5.74) is 2.23. The minimum absolute atomic E-state index is 0.00813. The van der Waals surface area contributed by atoms with Crippen molar-refractivity contribution in [3.63, 3.8) is 0 Å². The van der Waals surface area contributed by atoms with E-state index in [0.717, 1.165) is 22.9 Å². The van der Waals surface area contributed by atoms with E-state index in [1.54, 1.807) is 54.6 Å². The van der Waals surface area contributed by atoms with Crippen LogP contribution >= 0.6 is 23.4 Å². The molecule has 0 spiro atoms. The van der Waals surface area contributed by atoms with E-state index in [-0.39, 0.29) is 17.2 Å². The first-order valence-corrected chi connectivity index (χ1v) is 12.3. The molecule has 1 aromatic heterocycles. The van der Waals surface area contributed by atoms with Crippen LogP contribution in [0.1, 0.15) is 18.1 Å². The fourth-order valence-corrected chi connectivity index (χ4v) is 4.43. The van der Waals surface area contributed by atoms with Crippen molar-refractivity contribution < 1.29 is 19.6 Å². The lowest BCUT2D eigenvalue weighted by Gasteiger charge is -2.09. The molecular formula is C26H21ClN4O5S. The molecule has 3 aromatic carbocycles. The smallest absolute Gasteiger partial charge is 0.342 e. The highest BCUT2D eigenvalue weighted by atomic mass is 35.5. The first kappa shape index (κ1) is 25.9. The predicted molar refractivity (Wildman–Crippen MR) is 141 cm³/mol. The summed E-state index contributed by atoms with van der Waals surface area (Å²) in [6, 6.07) is 20.3. The summed E-state index contributed by atoms with van der Waals surface area (Å²) in [5.74, 6) is 0.0533. The topological polar surface area (TPSA) is 120 Å². The van der Waals surface area contributed by atoms with Gasteiger partial charge in [-0.15, -0.1) is 10.2 Å². The molecular weight excluding hydrogens is 516 g/mol. The number of aliphatic carboxylic acids is 1. The van der Waals surface area contributed by atoms with Crippen molar-refractivity contribution in [2.45, 2.75) is 25.2 Å². The second-order valence-electron chi connectivity index (χ2n) is 7.76. The Balaban J connectivity index is 1.52. The van der Waals surface area contributed by atoms with Crippen LogP contribution in [0.3, 0.4) is 0 Å². The minimum atomic E-state index is -1.10. The van der Waals surface area contributed by atoms with Crippen LogP contribution in [0.25, 0.3) is 17.5 Å². The molecule has 4 rings (SSSR count). The first-order valence-electron chi connectivity index (χ1n) is 11.1. The number of hydrogen-bond donors (Lipinski definition) is 1. The van der Waals surface area contributed by atoms with Crippen molar-refractivity contribution in [1.29, 1.82) is 0 Å². The normalized spacial score (nSPS) is 11.4. The molecule has 37 heavy (non-hydrogen) atoms. The maximum Gasteiger partial charge on any atom is 0.342 e. The Labute approximate surface area is 221 Å². The lowest BCUT2D eigenvalue weighted by Crippen LogP contribution is -2.02. The molecule has 1 N–H and O–H groups in total. The van der Waals surface area contributed by atoms with Gasteiger partial charge in [0.15, 0.2) is 11.0 Å². The van der Waals surface area contributed by atoms with E-state index in [1.165, 1.54) is 12.1 Å². The van der Waals surface area contributed by atoms with Crippen LogP contribution in [-0.4, -0.2) is 30.8 Å². The van der Waals surface area contributed by atoms with E-state index in [9.17, 15) is 20.0 Å². The Bertz CT molecular complexity index is 1450. The van der Waals surface area contributed by atoms with Gasteiger partial charge in [0.1, 0.15) is 17.3 Å². The Hall–Kier alpha value is -4.15. The molecule has 0 aliphatic rings. The molecule has 0 saturated heterocycles. The second-order valence-corrected chi connectivity index (χ2v) is 9.20. The predicted octanol–water partition coefficient (Wildman–Crippen LogP) is 6.32. The molecule has 11 heteroatoms. The number of carboxylic acid groups (broad SMARTS) is 1. The van der Waals surface area contributed by atoms with E-state index < -0.39 is 10.9 Å². The van der Waals surface area contributed by atoms with Gasteiger partial charge in [-0.25, -0.2) is 4.79 Å². The number of carbonyl (C=O) groups is 1. The number of carboxylic acids is 1. The molecule has 0 aliphatic carbocycles. The summed E-state index contributed by atoms with van der Waals surface area (Å²) in [5, 5.41) is 30.2. The molecule has 0 bridgehead atoms. The van der Waals surface area contributed by atoms with E-state index in [0.29, 0.717) is 33.9 Å². The first-order chi connectivity index (χ1) is 17.8. The number of thioether (sulfide) groups is 1. The number of aromatic nitrogens is 3. The van der Waals surface area contributed by atoms with E-state index in [2.05, 4.69) is 10.2 Å². The number of ether oxygens (including phenoxy) is 1. The lowest BCUT2D eigenvalue weighted by atomic mass is 10.2. The summed E-state index contributed by atoms with van der Waals surface area (Å²) in [4.78, 5) is 22.5. The third-order valence-corrected chi connectivity index (χ3v) is 6.51. The number of hydrogen-bond acceptors (Lipinski definition) is 7. The molecule has 0 radical (unpaired) electrons. The van der Waals surface area contributed by atoms with E-state index in [4.69, 9.17) is 16.3 Å². The third kappa shape index (κ3) is 6.54. The maximum atomic E-state index is 12.1. The van der Waals surface area contributed by atoms with Gasteiger partial charge in [-0.3, -0.25) is 10.1 Å². The van der Waals surface area contributed by atoms with Crippen molar-refractivity contribution in [3.05, 3.63) is 104 Å². The fourth-order valence-electron chi connectivity index (χ4n) is 3.42. The largest absolute Gasteiger partial charge is 0.489 e. The van der Waals surface area contributed by atoms with Gasteiger partial charge in [0.2, 0.25) is 0 Å². The van der Waals surface area contributed by atoms with Gasteiger partial charge in [-0.05, 0) is 84.4 Å². The van der Waals surface area contributed by atoms with Crippen LogP contribution < -0.4 is 4.74 Å². The van der Waals surface area contributed by atoms with Crippen molar-refractivity contribution in [3.8, 4) is 17.1 Å². The molecule has 0 unspecified atom stereocenters. The van der Waals surface area contributed by atoms with Crippen LogP contribution in [0.15, 0.2) is 82.9 Å². The van der Waals surface area contributed by atoms with Crippen molar-refractivity contribution in [2.24, 2.45) is 0 Å². The molecule has 188 valence electrons. The Morgan fingerprint density at radius 3 is 2.51 bits per heavy atom.